The Hall–Kier alpha value is -1.50. The molecule has 0 heterocycles. The van der Waals surface area contributed by atoms with Gasteiger partial charge in [-0.25, -0.2) is 0 Å². The minimum absolute atomic E-state index is 0.151. The monoisotopic (exact) mass is 298 g/mol. The van der Waals surface area contributed by atoms with Crippen LogP contribution < -0.4 is 4.74 Å². The highest BCUT2D eigenvalue weighted by atomic mass is 16.5. The third kappa shape index (κ3) is 4.25. The summed E-state index contributed by atoms with van der Waals surface area (Å²) in [7, 11) is 0. The molecule has 0 N–H and O–H groups in total. The van der Waals surface area contributed by atoms with Gasteiger partial charge in [-0.3, -0.25) is 0 Å². The van der Waals surface area contributed by atoms with Gasteiger partial charge in [0.15, 0.2) is 0 Å². The molecule has 2 aromatic rings. The van der Waals surface area contributed by atoms with Gasteiger partial charge in [0.05, 0.1) is 6.61 Å². The van der Waals surface area contributed by atoms with Crippen LogP contribution in [0.15, 0.2) is 36.4 Å². The van der Waals surface area contributed by atoms with Crippen LogP contribution in [-0.4, -0.2) is 6.61 Å². The van der Waals surface area contributed by atoms with Crippen molar-refractivity contribution in [3.8, 4) is 5.75 Å². The average Bonchev–Trinajstić information content (AvgIpc) is 2.49. The molecule has 2 rings (SSSR count). The van der Waals surface area contributed by atoms with E-state index in [4.69, 9.17) is 4.74 Å². The van der Waals surface area contributed by atoms with E-state index in [9.17, 15) is 0 Å². The Kier molecular flexibility index (Phi) is 5.88. The Morgan fingerprint density at radius 1 is 0.818 bits per heavy atom. The lowest BCUT2D eigenvalue weighted by atomic mass is 9.83. The van der Waals surface area contributed by atoms with Gasteiger partial charge < -0.3 is 4.74 Å². The third-order valence-corrected chi connectivity index (χ3v) is 4.20. The lowest BCUT2D eigenvalue weighted by molar-refractivity contribution is 0.308. The number of rotatable bonds is 7. The summed E-state index contributed by atoms with van der Waals surface area (Å²) < 4.78 is 6.07. The quantitative estimate of drug-likeness (QED) is 0.531. The van der Waals surface area contributed by atoms with Crippen LogP contribution in [0.5, 0.6) is 5.75 Å². The SMILES string of the molecule is CCCCCCCOc1cccc2c(C(C)(C)C)cccc12. The van der Waals surface area contributed by atoms with E-state index in [0.29, 0.717) is 0 Å². The van der Waals surface area contributed by atoms with E-state index in [0.717, 1.165) is 18.8 Å². The van der Waals surface area contributed by atoms with Gasteiger partial charge in [-0.05, 0) is 28.9 Å². The Balaban J connectivity index is 2.11. The number of ether oxygens (including phenoxy) is 1. The van der Waals surface area contributed by atoms with Gasteiger partial charge in [0.25, 0.3) is 0 Å². The molecule has 0 aliphatic carbocycles. The molecule has 0 saturated heterocycles. The van der Waals surface area contributed by atoms with Crippen molar-refractivity contribution >= 4 is 10.8 Å². The van der Waals surface area contributed by atoms with Crippen molar-refractivity contribution in [2.24, 2.45) is 0 Å². The normalized spacial score (nSPS) is 11.8. The van der Waals surface area contributed by atoms with Crippen LogP contribution in [0, 0.1) is 0 Å². The predicted octanol–water partition coefficient (Wildman–Crippen LogP) is 6.49. The highest BCUT2D eigenvalue weighted by molar-refractivity contribution is 5.91. The first-order valence-electron chi connectivity index (χ1n) is 8.69. The van der Waals surface area contributed by atoms with E-state index < -0.39 is 0 Å². The smallest absolute Gasteiger partial charge is 0.127 e. The molecule has 1 heteroatoms. The Morgan fingerprint density at radius 2 is 1.50 bits per heavy atom. The molecule has 0 amide bonds. The highest BCUT2D eigenvalue weighted by Gasteiger charge is 2.17. The number of fused-ring (bicyclic) bond motifs is 1. The van der Waals surface area contributed by atoms with Crippen molar-refractivity contribution < 1.29 is 4.74 Å². The fraction of sp³-hybridized carbons (Fsp3) is 0.524. The van der Waals surface area contributed by atoms with Gasteiger partial charge in [-0.1, -0.05) is 83.7 Å². The fourth-order valence-electron chi connectivity index (χ4n) is 2.95. The molecule has 1 nitrogen and oxygen atoms in total. The Labute approximate surface area is 135 Å². The van der Waals surface area contributed by atoms with Crippen molar-refractivity contribution in [3.63, 3.8) is 0 Å². The maximum atomic E-state index is 6.07. The molecule has 0 aliphatic rings. The molecule has 0 aromatic heterocycles. The molecule has 22 heavy (non-hydrogen) atoms. The summed E-state index contributed by atoms with van der Waals surface area (Å²) in [6.45, 7) is 9.87. The van der Waals surface area contributed by atoms with E-state index in [1.165, 1.54) is 42.0 Å². The molecule has 0 spiro atoms. The minimum atomic E-state index is 0.151. The number of benzene rings is 2. The van der Waals surface area contributed by atoms with Gasteiger partial charge in [0.2, 0.25) is 0 Å². The lowest BCUT2D eigenvalue weighted by Crippen LogP contribution is -2.11. The van der Waals surface area contributed by atoms with Crippen molar-refractivity contribution in [1.82, 2.24) is 0 Å². The van der Waals surface area contributed by atoms with E-state index in [1.54, 1.807) is 0 Å². The molecule has 0 radical (unpaired) electrons. The molecular weight excluding hydrogens is 268 g/mol. The molecule has 0 unspecified atom stereocenters. The van der Waals surface area contributed by atoms with E-state index in [1.807, 2.05) is 0 Å². The minimum Gasteiger partial charge on any atom is -0.493 e. The zero-order valence-electron chi connectivity index (χ0n) is 14.6. The average molecular weight is 298 g/mol. The molecule has 120 valence electrons. The van der Waals surface area contributed by atoms with Crippen LogP contribution in [0.1, 0.15) is 65.4 Å². The standard InChI is InChI=1S/C21H30O/c1-5-6-7-8-9-16-22-20-15-11-12-17-18(20)13-10-14-19(17)21(2,3)4/h10-15H,5-9,16H2,1-4H3. The van der Waals surface area contributed by atoms with Gasteiger partial charge in [-0.15, -0.1) is 0 Å². The summed E-state index contributed by atoms with van der Waals surface area (Å²) in [4.78, 5) is 0. The summed E-state index contributed by atoms with van der Waals surface area (Å²) in [5.41, 5.74) is 1.54. The van der Waals surface area contributed by atoms with Gasteiger partial charge in [0.1, 0.15) is 5.75 Å². The zero-order valence-corrected chi connectivity index (χ0v) is 14.6. The number of hydrogen-bond donors (Lipinski definition) is 0. The Bertz CT molecular complexity index is 592. The second-order valence-corrected chi connectivity index (χ2v) is 7.17. The van der Waals surface area contributed by atoms with Crippen LogP contribution in [0.4, 0.5) is 0 Å². The second kappa shape index (κ2) is 7.67. The molecule has 0 saturated carbocycles. The van der Waals surface area contributed by atoms with E-state index >= 15 is 0 Å². The van der Waals surface area contributed by atoms with Gasteiger partial charge >= 0.3 is 0 Å². The maximum absolute atomic E-state index is 6.07. The molecule has 0 aliphatic heterocycles. The number of hydrogen-bond acceptors (Lipinski definition) is 1. The Morgan fingerprint density at radius 3 is 2.23 bits per heavy atom. The van der Waals surface area contributed by atoms with Gasteiger partial charge in [-0.2, -0.15) is 0 Å². The predicted molar refractivity (Wildman–Crippen MR) is 96.9 cm³/mol. The van der Waals surface area contributed by atoms with Crippen LogP contribution in [0.3, 0.4) is 0 Å². The summed E-state index contributed by atoms with van der Waals surface area (Å²) in [6, 6.07) is 13.0. The van der Waals surface area contributed by atoms with Crippen molar-refractivity contribution in [1.29, 1.82) is 0 Å². The van der Waals surface area contributed by atoms with Crippen LogP contribution in [-0.2, 0) is 5.41 Å². The van der Waals surface area contributed by atoms with Crippen molar-refractivity contribution in [2.75, 3.05) is 6.61 Å². The lowest BCUT2D eigenvalue weighted by Gasteiger charge is -2.22. The van der Waals surface area contributed by atoms with Gasteiger partial charge in [0, 0.05) is 5.39 Å². The molecule has 0 bridgehead atoms. The first-order valence-corrected chi connectivity index (χ1v) is 8.69. The van der Waals surface area contributed by atoms with Crippen molar-refractivity contribution in [3.05, 3.63) is 42.0 Å². The van der Waals surface area contributed by atoms with Crippen LogP contribution >= 0.6 is 0 Å². The fourth-order valence-corrected chi connectivity index (χ4v) is 2.95. The molecule has 0 atom stereocenters. The second-order valence-electron chi connectivity index (χ2n) is 7.17. The maximum Gasteiger partial charge on any atom is 0.127 e. The van der Waals surface area contributed by atoms with Crippen LogP contribution in [0.2, 0.25) is 0 Å². The van der Waals surface area contributed by atoms with E-state index in [2.05, 4.69) is 64.1 Å². The van der Waals surface area contributed by atoms with Crippen molar-refractivity contribution in [2.45, 2.75) is 65.2 Å². The number of unbranched alkanes of at least 4 members (excludes halogenated alkanes) is 4. The first kappa shape index (κ1) is 16.9. The first-order chi connectivity index (χ1) is 10.5. The largest absolute Gasteiger partial charge is 0.493 e. The molecule has 2 aromatic carbocycles. The summed E-state index contributed by atoms with van der Waals surface area (Å²) in [6.07, 6.45) is 6.37. The highest BCUT2D eigenvalue weighted by Crippen LogP contribution is 2.34. The molecule has 0 fully saturated rings. The zero-order chi connectivity index (χ0) is 16.0. The van der Waals surface area contributed by atoms with E-state index in [-0.39, 0.29) is 5.41 Å². The topological polar surface area (TPSA) is 9.23 Å². The summed E-state index contributed by atoms with van der Waals surface area (Å²) in [5, 5.41) is 2.56. The molecular formula is C21H30O. The summed E-state index contributed by atoms with van der Waals surface area (Å²) in [5.74, 6) is 1.03. The summed E-state index contributed by atoms with van der Waals surface area (Å²) >= 11 is 0. The third-order valence-electron chi connectivity index (χ3n) is 4.20. The van der Waals surface area contributed by atoms with Crippen LogP contribution in [0.25, 0.3) is 10.8 Å².